The van der Waals surface area contributed by atoms with Gasteiger partial charge in [-0.25, -0.2) is 0 Å². The number of nitrogens with one attached hydrogen (secondary N) is 1. The number of carbonyl (C=O) groups is 2. The fourth-order valence-electron chi connectivity index (χ4n) is 2.38. The summed E-state index contributed by atoms with van der Waals surface area (Å²) in [5.74, 6) is 0.266. The lowest BCUT2D eigenvalue weighted by atomic mass is 9.92. The van der Waals surface area contributed by atoms with Gasteiger partial charge in [-0.15, -0.1) is 0 Å². The number of rotatable bonds is 6. The summed E-state index contributed by atoms with van der Waals surface area (Å²) in [7, 11) is 0. The highest BCUT2D eigenvalue weighted by Gasteiger charge is 2.45. The molecule has 0 aromatic carbocycles. The van der Waals surface area contributed by atoms with Crippen molar-refractivity contribution in [3.05, 3.63) is 0 Å². The Morgan fingerprint density at radius 1 is 1.25 bits per heavy atom. The average molecular weight is 284 g/mol. The van der Waals surface area contributed by atoms with Gasteiger partial charge in [0.05, 0.1) is 12.7 Å². The van der Waals surface area contributed by atoms with Crippen LogP contribution in [0.5, 0.6) is 0 Å². The van der Waals surface area contributed by atoms with Gasteiger partial charge in [0.25, 0.3) is 0 Å². The van der Waals surface area contributed by atoms with E-state index in [1.54, 1.807) is 18.7 Å². The molecule has 1 heterocycles. The monoisotopic (exact) mass is 284 g/mol. The molecular weight excluding hydrogens is 256 g/mol. The van der Waals surface area contributed by atoms with Crippen LogP contribution in [0.4, 0.5) is 0 Å². The second kappa shape index (κ2) is 6.57. The standard InChI is InChI=1S/C15H28N2O3/c1-10(2)9-12-13(18)17(7-8-20-11(3)4)15(5,6)14(19)16-12/h10-12H,7-9H2,1-6H3,(H,16,19). The molecule has 0 spiro atoms. The third-order valence-corrected chi connectivity index (χ3v) is 3.57. The molecule has 1 aliphatic heterocycles. The zero-order chi connectivity index (χ0) is 15.5. The van der Waals surface area contributed by atoms with Crippen LogP contribution in [0.15, 0.2) is 0 Å². The van der Waals surface area contributed by atoms with E-state index < -0.39 is 11.6 Å². The van der Waals surface area contributed by atoms with E-state index in [0.717, 1.165) is 0 Å². The minimum absolute atomic E-state index is 0.00402. The highest BCUT2D eigenvalue weighted by Crippen LogP contribution is 2.23. The molecule has 0 aromatic rings. The lowest BCUT2D eigenvalue weighted by molar-refractivity contribution is -0.156. The number of hydrogen-bond donors (Lipinski definition) is 1. The molecule has 1 saturated heterocycles. The maximum absolute atomic E-state index is 12.6. The number of ether oxygens (including phenoxy) is 1. The van der Waals surface area contributed by atoms with Crippen LogP contribution in [0.25, 0.3) is 0 Å². The smallest absolute Gasteiger partial charge is 0.246 e. The molecule has 1 rings (SSSR count). The van der Waals surface area contributed by atoms with Gasteiger partial charge in [-0.05, 0) is 40.0 Å². The van der Waals surface area contributed by atoms with Crippen LogP contribution in [0.1, 0.15) is 48.0 Å². The van der Waals surface area contributed by atoms with Crippen molar-refractivity contribution < 1.29 is 14.3 Å². The fraction of sp³-hybridized carbons (Fsp3) is 0.867. The Balaban J connectivity index is 2.79. The van der Waals surface area contributed by atoms with Gasteiger partial charge >= 0.3 is 0 Å². The normalized spacial score (nSPS) is 22.6. The van der Waals surface area contributed by atoms with E-state index >= 15 is 0 Å². The molecule has 5 nitrogen and oxygen atoms in total. The van der Waals surface area contributed by atoms with Crippen LogP contribution < -0.4 is 5.32 Å². The van der Waals surface area contributed by atoms with Crippen molar-refractivity contribution in [2.45, 2.75) is 65.6 Å². The van der Waals surface area contributed by atoms with Gasteiger partial charge in [-0.2, -0.15) is 0 Å². The SMILES string of the molecule is CC(C)CC1NC(=O)C(C)(C)N(CCOC(C)C)C1=O. The summed E-state index contributed by atoms with van der Waals surface area (Å²) in [6, 6.07) is -0.408. The van der Waals surface area contributed by atoms with Crippen molar-refractivity contribution in [2.24, 2.45) is 5.92 Å². The highest BCUT2D eigenvalue weighted by atomic mass is 16.5. The molecule has 1 unspecified atom stereocenters. The van der Waals surface area contributed by atoms with Gasteiger partial charge in [0.15, 0.2) is 0 Å². The summed E-state index contributed by atoms with van der Waals surface area (Å²) in [4.78, 5) is 26.4. The van der Waals surface area contributed by atoms with Crippen LogP contribution >= 0.6 is 0 Å². The summed E-state index contributed by atoms with van der Waals surface area (Å²) in [6.45, 7) is 12.5. The number of piperazine rings is 1. The van der Waals surface area contributed by atoms with E-state index in [9.17, 15) is 9.59 Å². The maximum Gasteiger partial charge on any atom is 0.246 e. The molecule has 116 valence electrons. The Hall–Kier alpha value is -1.10. The first-order chi connectivity index (χ1) is 9.16. The fourth-order valence-corrected chi connectivity index (χ4v) is 2.38. The third-order valence-electron chi connectivity index (χ3n) is 3.57. The molecular formula is C15H28N2O3. The summed E-state index contributed by atoms with van der Waals surface area (Å²) < 4.78 is 5.51. The van der Waals surface area contributed by atoms with Crippen molar-refractivity contribution in [3.63, 3.8) is 0 Å². The van der Waals surface area contributed by atoms with Crippen LogP contribution in [0.2, 0.25) is 0 Å². The molecule has 1 atom stereocenters. The zero-order valence-electron chi connectivity index (χ0n) is 13.5. The van der Waals surface area contributed by atoms with E-state index in [0.29, 0.717) is 25.5 Å². The van der Waals surface area contributed by atoms with E-state index in [2.05, 4.69) is 5.32 Å². The molecule has 5 heteroatoms. The van der Waals surface area contributed by atoms with Gasteiger partial charge in [0, 0.05) is 6.54 Å². The molecule has 0 bridgehead atoms. The van der Waals surface area contributed by atoms with E-state index in [1.807, 2.05) is 27.7 Å². The molecule has 2 amide bonds. The minimum Gasteiger partial charge on any atom is -0.377 e. The molecule has 1 N–H and O–H groups in total. The molecule has 1 aliphatic rings. The van der Waals surface area contributed by atoms with Crippen LogP contribution in [-0.4, -0.2) is 47.6 Å². The second-order valence-electron chi connectivity index (χ2n) is 6.62. The summed E-state index contributed by atoms with van der Waals surface area (Å²) >= 11 is 0. The first-order valence-electron chi connectivity index (χ1n) is 7.40. The first-order valence-corrected chi connectivity index (χ1v) is 7.40. The van der Waals surface area contributed by atoms with Crippen LogP contribution in [0, 0.1) is 5.92 Å². The molecule has 0 aliphatic carbocycles. The lowest BCUT2D eigenvalue weighted by Crippen LogP contribution is -2.68. The van der Waals surface area contributed by atoms with Gasteiger partial charge in [-0.1, -0.05) is 13.8 Å². The minimum atomic E-state index is -0.815. The van der Waals surface area contributed by atoms with Crippen LogP contribution in [-0.2, 0) is 14.3 Å². The maximum atomic E-state index is 12.6. The Kier molecular flexibility index (Phi) is 5.57. The quantitative estimate of drug-likeness (QED) is 0.805. The predicted molar refractivity (Wildman–Crippen MR) is 78.3 cm³/mol. The van der Waals surface area contributed by atoms with Gasteiger partial charge < -0.3 is 15.0 Å². The highest BCUT2D eigenvalue weighted by molar-refractivity contribution is 5.99. The topological polar surface area (TPSA) is 58.6 Å². The van der Waals surface area contributed by atoms with Crippen molar-refractivity contribution in [3.8, 4) is 0 Å². The average Bonchev–Trinajstić information content (AvgIpc) is 2.30. The van der Waals surface area contributed by atoms with Crippen molar-refractivity contribution in [2.75, 3.05) is 13.2 Å². The van der Waals surface area contributed by atoms with Gasteiger partial charge in [0.2, 0.25) is 11.8 Å². The van der Waals surface area contributed by atoms with Crippen molar-refractivity contribution in [1.82, 2.24) is 10.2 Å². The van der Waals surface area contributed by atoms with Gasteiger partial charge in [-0.3, -0.25) is 9.59 Å². The Morgan fingerprint density at radius 2 is 1.85 bits per heavy atom. The second-order valence-corrected chi connectivity index (χ2v) is 6.62. The predicted octanol–water partition coefficient (Wildman–Crippen LogP) is 1.56. The van der Waals surface area contributed by atoms with Crippen LogP contribution in [0.3, 0.4) is 0 Å². The first kappa shape index (κ1) is 17.0. The Bertz CT molecular complexity index is 364. The number of hydrogen-bond acceptors (Lipinski definition) is 3. The molecule has 0 radical (unpaired) electrons. The van der Waals surface area contributed by atoms with E-state index in [1.165, 1.54) is 0 Å². The lowest BCUT2D eigenvalue weighted by Gasteiger charge is -2.44. The van der Waals surface area contributed by atoms with Gasteiger partial charge in [0.1, 0.15) is 11.6 Å². The molecule has 1 fully saturated rings. The molecule has 20 heavy (non-hydrogen) atoms. The summed E-state index contributed by atoms with van der Waals surface area (Å²) in [5.41, 5.74) is -0.815. The number of nitrogens with zero attached hydrogens (tertiary/aromatic N) is 1. The number of carbonyl (C=O) groups excluding carboxylic acids is 2. The Labute approximate surface area is 122 Å². The number of amides is 2. The third kappa shape index (κ3) is 3.95. The molecule has 0 saturated carbocycles. The largest absolute Gasteiger partial charge is 0.377 e. The van der Waals surface area contributed by atoms with Crippen molar-refractivity contribution >= 4 is 11.8 Å². The van der Waals surface area contributed by atoms with E-state index in [4.69, 9.17) is 4.74 Å². The van der Waals surface area contributed by atoms with Crippen molar-refractivity contribution in [1.29, 1.82) is 0 Å². The van der Waals surface area contributed by atoms with E-state index in [-0.39, 0.29) is 17.9 Å². The Morgan fingerprint density at radius 3 is 2.35 bits per heavy atom. The molecule has 0 aromatic heterocycles. The zero-order valence-corrected chi connectivity index (χ0v) is 13.5. The summed E-state index contributed by atoms with van der Waals surface area (Å²) in [6.07, 6.45) is 0.792. The summed E-state index contributed by atoms with van der Waals surface area (Å²) in [5, 5.41) is 2.85.